The molecule has 0 atom stereocenters. The molecule has 118 valence electrons. The minimum atomic E-state index is -0.0843. The highest BCUT2D eigenvalue weighted by Gasteiger charge is 2.02. The topological polar surface area (TPSA) is 44.4 Å². The number of nitrogens with zero attached hydrogens (tertiary/aromatic N) is 1. The molecule has 0 unspecified atom stereocenters. The Hall–Kier alpha value is -2.01. The Morgan fingerprint density at radius 3 is 2.59 bits per heavy atom. The Labute approximate surface area is 136 Å². The molecule has 5 heteroatoms. The number of carbonyl (C=O) groups excluding carboxylic acids is 1. The van der Waals surface area contributed by atoms with Crippen LogP contribution < -0.4 is 15.5 Å². The zero-order valence-corrected chi connectivity index (χ0v) is 13.7. The largest absolute Gasteiger partial charge is 0.375 e. The molecule has 0 aliphatic carbocycles. The molecule has 0 radical (unpaired) electrons. The first-order chi connectivity index (χ1) is 10.8. The summed E-state index contributed by atoms with van der Waals surface area (Å²) in [7, 11) is 2.07. The van der Waals surface area contributed by atoms with Gasteiger partial charge in [0.05, 0.1) is 0 Å². The van der Waals surface area contributed by atoms with Crippen LogP contribution in [0.25, 0.3) is 0 Å². The molecule has 2 N–H and O–H groups in total. The van der Waals surface area contributed by atoms with Crippen molar-refractivity contribution in [2.24, 2.45) is 0 Å². The quantitative estimate of drug-likeness (QED) is 0.735. The summed E-state index contributed by atoms with van der Waals surface area (Å²) in [6, 6.07) is 14.3. The highest BCUT2D eigenvalue weighted by atomic mass is 32.1. The summed E-state index contributed by atoms with van der Waals surface area (Å²) in [5, 5.41) is 7.83. The van der Waals surface area contributed by atoms with Crippen LogP contribution in [0.3, 0.4) is 0 Å². The van der Waals surface area contributed by atoms with Gasteiger partial charge in [0, 0.05) is 37.2 Å². The maximum atomic E-state index is 11.7. The molecule has 4 nitrogen and oxygen atoms in total. The third kappa shape index (κ3) is 5.77. The van der Waals surface area contributed by atoms with Crippen LogP contribution in [0.15, 0.2) is 47.8 Å². The zero-order valence-electron chi connectivity index (χ0n) is 12.9. The maximum Gasteiger partial charge on any atom is 0.314 e. The monoisotopic (exact) mass is 317 g/mol. The molecule has 2 rings (SSSR count). The number of hydrogen-bond donors (Lipinski definition) is 2. The summed E-state index contributed by atoms with van der Waals surface area (Å²) in [6.45, 7) is 2.28. The average molecular weight is 317 g/mol. The van der Waals surface area contributed by atoms with E-state index in [2.05, 4.69) is 46.2 Å². The van der Waals surface area contributed by atoms with Crippen molar-refractivity contribution in [1.29, 1.82) is 0 Å². The minimum Gasteiger partial charge on any atom is -0.375 e. The predicted molar refractivity (Wildman–Crippen MR) is 93.8 cm³/mol. The Kier molecular flexibility index (Phi) is 6.77. The van der Waals surface area contributed by atoms with E-state index in [9.17, 15) is 4.79 Å². The predicted octanol–water partition coefficient (Wildman–Crippen LogP) is 3.12. The second-order valence-corrected chi connectivity index (χ2v) is 6.15. The van der Waals surface area contributed by atoms with Crippen molar-refractivity contribution in [3.63, 3.8) is 0 Å². The normalized spacial score (nSPS) is 10.2. The summed E-state index contributed by atoms with van der Waals surface area (Å²) in [5.74, 6) is 0. The van der Waals surface area contributed by atoms with Crippen LogP contribution in [0.2, 0.25) is 0 Å². The molecule has 1 heterocycles. The van der Waals surface area contributed by atoms with Gasteiger partial charge in [0.1, 0.15) is 0 Å². The fourth-order valence-electron chi connectivity index (χ4n) is 2.15. The van der Waals surface area contributed by atoms with Crippen LogP contribution in [-0.2, 0) is 6.42 Å². The highest BCUT2D eigenvalue weighted by Crippen LogP contribution is 2.10. The smallest absolute Gasteiger partial charge is 0.314 e. The maximum absolute atomic E-state index is 11.7. The summed E-state index contributed by atoms with van der Waals surface area (Å²) in [5.41, 5.74) is 1.20. The molecule has 0 fully saturated rings. The van der Waals surface area contributed by atoms with E-state index >= 15 is 0 Å². The number of para-hydroxylation sites is 1. The van der Waals surface area contributed by atoms with Gasteiger partial charge >= 0.3 is 6.03 Å². The van der Waals surface area contributed by atoms with E-state index in [1.807, 2.05) is 24.3 Å². The number of urea groups is 1. The van der Waals surface area contributed by atoms with Crippen molar-refractivity contribution in [2.45, 2.75) is 12.8 Å². The van der Waals surface area contributed by atoms with E-state index < -0.39 is 0 Å². The molecule has 1 aromatic carbocycles. The van der Waals surface area contributed by atoms with Crippen LogP contribution in [-0.4, -0.2) is 32.7 Å². The van der Waals surface area contributed by atoms with Crippen LogP contribution in [0, 0.1) is 0 Å². The van der Waals surface area contributed by atoms with E-state index in [1.54, 1.807) is 11.3 Å². The molecule has 0 saturated heterocycles. The molecular weight excluding hydrogens is 294 g/mol. The van der Waals surface area contributed by atoms with E-state index in [-0.39, 0.29) is 6.03 Å². The SMILES string of the molecule is CN(CCCNC(=O)NCCc1cccs1)c1ccccc1. The van der Waals surface area contributed by atoms with Crippen LogP contribution in [0.5, 0.6) is 0 Å². The summed E-state index contributed by atoms with van der Waals surface area (Å²) < 4.78 is 0. The molecule has 0 aliphatic rings. The summed E-state index contributed by atoms with van der Waals surface area (Å²) >= 11 is 1.72. The number of rotatable bonds is 8. The third-order valence-corrected chi connectivity index (χ3v) is 4.33. The fraction of sp³-hybridized carbons (Fsp3) is 0.353. The Balaban J connectivity index is 1.53. The van der Waals surface area contributed by atoms with E-state index in [1.165, 1.54) is 10.6 Å². The first-order valence-corrected chi connectivity index (χ1v) is 8.44. The van der Waals surface area contributed by atoms with E-state index in [0.717, 1.165) is 19.4 Å². The molecule has 0 saturated carbocycles. The lowest BCUT2D eigenvalue weighted by atomic mass is 10.3. The first-order valence-electron chi connectivity index (χ1n) is 7.56. The number of benzene rings is 1. The van der Waals surface area contributed by atoms with Gasteiger partial charge in [0.15, 0.2) is 0 Å². The average Bonchev–Trinajstić information content (AvgIpc) is 3.05. The lowest BCUT2D eigenvalue weighted by molar-refractivity contribution is 0.241. The minimum absolute atomic E-state index is 0.0843. The molecular formula is C17H23N3OS. The lowest BCUT2D eigenvalue weighted by Crippen LogP contribution is -2.37. The third-order valence-electron chi connectivity index (χ3n) is 3.39. The molecule has 0 bridgehead atoms. The number of carbonyl (C=O) groups is 1. The van der Waals surface area contributed by atoms with E-state index in [4.69, 9.17) is 0 Å². The van der Waals surface area contributed by atoms with Gasteiger partial charge < -0.3 is 15.5 Å². The molecule has 0 aliphatic heterocycles. The van der Waals surface area contributed by atoms with Crippen LogP contribution in [0.4, 0.5) is 10.5 Å². The Morgan fingerprint density at radius 1 is 1.09 bits per heavy atom. The second kappa shape index (κ2) is 9.10. The summed E-state index contributed by atoms with van der Waals surface area (Å²) in [6.07, 6.45) is 1.81. The first kappa shape index (κ1) is 16.4. The van der Waals surface area contributed by atoms with Gasteiger partial charge in [-0.3, -0.25) is 0 Å². The highest BCUT2D eigenvalue weighted by molar-refractivity contribution is 7.09. The van der Waals surface area contributed by atoms with Crippen molar-refractivity contribution < 1.29 is 4.79 Å². The molecule has 2 aromatic rings. The second-order valence-electron chi connectivity index (χ2n) is 5.12. The van der Waals surface area contributed by atoms with Gasteiger partial charge in [0.25, 0.3) is 0 Å². The molecule has 1 aromatic heterocycles. The summed E-state index contributed by atoms with van der Waals surface area (Å²) in [4.78, 5) is 15.1. The fourth-order valence-corrected chi connectivity index (χ4v) is 2.86. The van der Waals surface area contributed by atoms with Crippen molar-refractivity contribution in [1.82, 2.24) is 10.6 Å². The van der Waals surface area contributed by atoms with Gasteiger partial charge in [-0.25, -0.2) is 4.79 Å². The zero-order chi connectivity index (χ0) is 15.6. The molecule has 0 spiro atoms. The van der Waals surface area contributed by atoms with Gasteiger partial charge in [-0.05, 0) is 36.4 Å². The lowest BCUT2D eigenvalue weighted by Gasteiger charge is -2.19. The molecule has 22 heavy (non-hydrogen) atoms. The van der Waals surface area contributed by atoms with Crippen molar-refractivity contribution in [3.8, 4) is 0 Å². The van der Waals surface area contributed by atoms with Crippen molar-refractivity contribution in [3.05, 3.63) is 52.7 Å². The Morgan fingerprint density at radius 2 is 1.86 bits per heavy atom. The number of nitrogens with one attached hydrogen (secondary N) is 2. The van der Waals surface area contributed by atoms with Crippen LogP contribution >= 0.6 is 11.3 Å². The van der Waals surface area contributed by atoms with Crippen molar-refractivity contribution >= 4 is 23.1 Å². The number of hydrogen-bond acceptors (Lipinski definition) is 3. The van der Waals surface area contributed by atoms with Gasteiger partial charge in [-0.1, -0.05) is 24.3 Å². The standard InChI is InChI=1S/C17H23N3OS/c1-20(15-7-3-2-4-8-15)13-6-11-18-17(21)19-12-10-16-9-5-14-22-16/h2-5,7-9,14H,6,10-13H2,1H3,(H2,18,19,21). The van der Waals surface area contributed by atoms with Gasteiger partial charge in [-0.2, -0.15) is 0 Å². The van der Waals surface area contributed by atoms with Gasteiger partial charge in [-0.15, -0.1) is 11.3 Å². The van der Waals surface area contributed by atoms with Crippen LogP contribution in [0.1, 0.15) is 11.3 Å². The van der Waals surface area contributed by atoms with Gasteiger partial charge in [0.2, 0.25) is 0 Å². The molecule has 2 amide bonds. The number of thiophene rings is 1. The van der Waals surface area contributed by atoms with Crippen molar-refractivity contribution in [2.75, 3.05) is 31.6 Å². The Bertz CT molecular complexity index is 542. The number of amides is 2. The number of anilines is 1. The van der Waals surface area contributed by atoms with E-state index in [0.29, 0.717) is 13.1 Å².